The Morgan fingerprint density at radius 3 is 2.03 bits per heavy atom. The van der Waals surface area contributed by atoms with Gasteiger partial charge < -0.3 is 9.47 Å². The largest absolute Gasteiger partial charge is 0.491 e. The second-order valence-electron chi connectivity index (χ2n) is 8.61. The number of unbranched alkanes of at least 4 members (excludes halogenated alkanes) is 4. The molecule has 2 rings (SSSR count). The second-order valence-corrected chi connectivity index (χ2v) is 8.61. The van der Waals surface area contributed by atoms with Gasteiger partial charge in [0.2, 0.25) is 0 Å². The third kappa shape index (κ3) is 9.30. The van der Waals surface area contributed by atoms with Crippen molar-refractivity contribution in [3.05, 3.63) is 36.7 Å². The zero-order valence-electron chi connectivity index (χ0n) is 20.3. The number of aromatic nitrogens is 2. The molecule has 1 atom stereocenters. The highest BCUT2D eigenvalue weighted by Crippen LogP contribution is 2.48. The van der Waals surface area contributed by atoms with Crippen LogP contribution in [0.25, 0.3) is 11.4 Å². The zero-order valence-corrected chi connectivity index (χ0v) is 20.3. The van der Waals surface area contributed by atoms with Gasteiger partial charge in [-0.25, -0.2) is 14.4 Å². The Hall–Kier alpha value is -2.66. The SMILES string of the molecule is CCCCCCC(F)COc1ccc(-c2ncc(OCCCCC(F)(F)C(F)(F)C(F)(F)F)cn2)cc1. The van der Waals surface area contributed by atoms with Gasteiger partial charge in [-0.1, -0.05) is 32.6 Å². The fraction of sp³-hybridized carbons (Fsp3) is 0.600. The maximum atomic E-state index is 13.9. The monoisotopic (exact) mass is 542 g/mol. The van der Waals surface area contributed by atoms with Gasteiger partial charge in [0, 0.05) is 12.0 Å². The molecule has 1 heterocycles. The quantitative estimate of drug-likeness (QED) is 0.158. The number of rotatable bonds is 16. The van der Waals surface area contributed by atoms with Gasteiger partial charge in [-0.2, -0.15) is 30.7 Å². The molecule has 0 amide bonds. The summed E-state index contributed by atoms with van der Waals surface area (Å²) in [5.41, 5.74) is 0.642. The van der Waals surface area contributed by atoms with Crippen molar-refractivity contribution in [3.8, 4) is 22.9 Å². The van der Waals surface area contributed by atoms with Crippen LogP contribution in [0.5, 0.6) is 11.5 Å². The van der Waals surface area contributed by atoms with E-state index in [4.69, 9.17) is 9.47 Å². The molecule has 0 spiro atoms. The second kappa shape index (κ2) is 13.8. The van der Waals surface area contributed by atoms with E-state index in [1.54, 1.807) is 24.3 Å². The van der Waals surface area contributed by atoms with Gasteiger partial charge in [-0.05, 0) is 43.5 Å². The first kappa shape index (κ1) is 30.6. The molecular weight excluding hydrogens is 512 g/mol. The van der Waals surface area contributed by atoms with Crippen LogP contribution in [0.4, 0.5) is 35.1 Å². The van der Waals surface area contributed by atoms with Crippen molar-refractivity contribution in [1.82, 2.24) is 9.97 Å². The Bertz CT molecular complexity index is 922. The lowest BCUT2D eigenvalue weighted by atomic mass is 10.0. The summed E-state index contributed by atoms with van der Waals surface area (Å²) in [7, 11) is 0. The highest BCUT2D eigenvalue weighted by molar-refractivity contribution is 5.56. The van der Waals surface area contributed by atoms with E-state index in [1.807, 2.05) is 0 Å². The molecule has 12 heteroatoms. The molecule has 1 unspecified atom stereocenters. The number of hydrogen-bond donors (Lipinski definition) is 0. The van der Waals surface area contributed by atoms with Gasteiger partial charge in [-0.3, -0.25) is 0 Å². The van der Waals surface area contributed by atoms with Crippen molar-refractivity contribution in [2.75, 3.05) is 13.2 Å². The molecule has 208 valence electrons. The minimum absolute atomic E-state index is 0.0313. The van der Waals surface area contributed by atoms with E-state index in [9.17, 15) is 35.1 Å². The highest BCUT2D eigenvalue weighted by Gasteiger charge is 2.72. The fourth-order valence-electron chi connectivity index (χ4n) is 3.31. The van der Waals surface area contributed by atoms with Crippen LogP contribution in [0.2, 0.25) is 0 Å². The van der Waals surface area contributed by atoms with Crippen LogP contribution < -0.4 is 9.47 Å². The molecule has 4 nitrogen and oxygen atoms in total. The molecule has 0 N–H and O–H groups in total. The predicted molar refractivity (Wildman–Crippen MR) is 122 cm³/mol. The molecule has 37 heavy (non-hydrogen) atoms. The van der Waals surface area contributed by atoms with Crippen LogP contribution >= 0.6 is 0 Å². The lowest BCUT2D eigenvalue weighted by Gasteiger charge is -2.28. The van der Waals surface area contributed by atoms with E-state index in [0.29, 0.717) is 23.6 Å². The predicted octanol–water partition coefficient (Wildman–Crippen LogP) is 8.21. The normalized spacial score (nSPS) is 13.4. The van der Waals surface area contributed by atoms with Gasteiger partial charge in [0.15, 0.2) is 11.6 Å². The smallest absolute Gasteiger partial charge is 0.459 e. The van der Waals surface area contributed by atoms with Crippen molar-refractivity contribution >= 4 is 0 Å². The summed E-state index contributed by atoms with van der Waals surface area (Å²) >= 11 is 0. The summed E-state index contributed by atoms with van der Waals surface area (Å²) in [4.78, 5) is 8.24. The van der Waals surface area contributed by atoms with Crippen LogP contribution in [0, 0.1) is 0 Å². The van der Waals surface area contributed by atoms with Crippen molar-refractivity contribution in [2.45, 2.75) is 82.5 Å². The molecule has 0 saturated heterocycles. The number of benzene rings is 1. The summed E-state index contributed by atoms with van der Waals surface area (Å²) in [5, 5.41) is 0. The van der Waals surface area contributed by atoms with Crippen molar-refractivity contribution in [1.29, 1.82) is 0 Å². The Balaban J connectivity index is 1.75. The lowest BCUT2D eigenvalue weighted by molar-refractivity contribution is -0.355. The molecule has 0 aliphatic carbocycles. The van der Waals surface area contributed by atoms with E-state index in [0.717, 1.165) is 25.7 Å². The molecule has 0 fully saturated rings. The molecule has 1 aromatic heterocycles. The Kier molecular flexibility index (Phi) is 11.4. The van der Waals surface area contributed by atoms with Crippen molar-refractivity contribution in [2.24, 2.45) is 0 Å². The first-order valence-corrected chi connectivity index (χ1v) is 12.0. The van der Waals surface area contributed by atoms with Gasteiger partial charge in [0.1, 0.15) is 18.5 Å². The molecule has 1 aromatic carbocycles. The molecule has 0 saturated carbocycles. The van der Waals surface area contributed by atoms with E-state index in [2.05, 4.69) is 16.9 Å². The molecule has 2 aromatic rings. The van der Waals surface area contributed by atoms with E-state index in [-0.39, 0.29) is 25.4 Å². The first-order valence-electron chi connectivity index (χ1n) is 12.0. The average molecular weight is 543 g/mol. The van der Waals surface area contributed by atoms with Crippen LogP contribution in [0.3, 0.4) is 0 Å². The molecule has 0 aliphatic heterocycles. The summed E-state index contributed by atoms with van der Waals surface area (Å²) < 4.78 is 113. The number of ether oxygens (including phenoxy) is 2. The number of halogens is 8. The van der Waals surface area contributed by atoms with E-state index in [1.165, 1.54) is 12.4 Å². The van der Waals surface area contributed by atoms with Gasteiger partial charge >= 0.3 is 18.0 Å². The summed E-state index contributed by atoms with van der Waals surface area (Å²) in [6, 6.07) is 6.70. The van der Waals surface area contributed by atoms with Crippen LogP contribution in [0.15, 0.2) is 36.7 Å². The van der Waals surface area contributed by atoms with Crippen LogP contribution in [-0.4, -0.2) is 47.4 Å². The molecule has 0 aliphatic rings. The number of hydrogen-bond acceptors (Lipinski definition) is 4. The standard InChI is InChI=1S/C25H30F8N2O2/c1-2-3-4-5-8-19(26)17-37-20-11-9-18(10-12-20)22-34-15-21(16-35-22)36-14-7-6-13-23(27,28)24(29,30)25(31,32)33/h9-12,15-16,19H,2-8,13-14,17H2,1H3. The van der Waals surface area contributed by atoms with Gasteiger partial charge in [-0.15, -0.1) is 0 Å². The molecular formula is C25H30F8N2O2. The molecule has 0 radical (unpaired) electrons. The minimum atomic E-state index is -6.33. The van der Waals surface area contributed by atoms with Gasteiger partial charge in [0.05, 0.1) is 19.0 Å². The number of nitrogens with zero attached hydrogens (tertiary/aromatic N) is 2. The third-order valence-electron chi connectivity index (χ3n) is 5.51. The Labute approximate surface area is 210 Å². The fourth-order valence-corrected chi connectivity index (χ4v) is 3.31. The lowest BCUT2D eigenvalue weighted by Crippen LogP contribution is -2.51. The van der Waals surface area contributed by atoms with E-state index < -0.39 is 37.0 Å². The third-order valence-corrected chi connectivity index (χ3v) is 5.51. The van der Waals surface area contributed by atoms with Crippen molar-refractivity contribution < 1.29 is 44.6 Å². The Morgan fingerprint density at radius 1 is 0.784 bits per heavy atom. The summed E-state index contributed by atoms with van der Waals surface area (Å²) in [6.45, 7) is 1.86. The number of alkyl halides is 8. The maximum Gasteiger partial charge on any atom is 0.459 e. The average Bonchev–Trinajstić information content (AvgIpc) is 2.85. The van der Waals surface area contributed by atoms with Crippen LogP contribution in [-0.2, 0) is 0 Å². The van der Waals surface area contributed by atoms with Crippen LogP contribution in [0.1, 0.15) is 58.3 Å². The van der Waals surface area contributed by atoms with E-state index >= 15 is 0 Å². The zero-order chi connectivity index (χ0) is 27.5. The minimum Gasteiger partial charge on any atom is -0.491 e. The topological polar surface area (TPSA) is 44.2 Å². The summed E-state index contributed by atoms with van der Waals surface area (Å²) in [6.07, 6.45) is -2.70. The molecule has 0 bridgehead atoms. The first-order chi connectivity index (χ1) is 17.4. The van der Waals surface area contributed by atoms with Crippen molar-refractivity contribution in [3.63, 3.8) is 0 Å². The maximum absolute atomic E-state index is 13.9. The highest BCUT2D eigenvalue weighted by atomic mass is 19.4. The van der Waals surface area contributed by atoms with Gasteiger partial charge in [0.25, 0.3) is 0 Å². The Morgan fingerprint density at radius 2 is 1.43 bits per heavy atom. The summed E-state index contributed by atoms with van der Waals surface area (Å²) in [5.74, 6) is -10.3.